The van der Waals surface area contributed by atoms with Crippen LogP contribution in [0.4, 0.5) is 11.5 Å². The molecule has 0 N–H and O–H groups in total. The Morgan fingerprint density at radius 2 is 1.66 bits per heavy atom. The fourth-order valence-corrected chi connectivity index (χ4v) is 4.50. The van der Waals surface area contributed by atoms with Crippen LogP contribution < -0.4 is 4.90 Å². The SMILES string of the molecule is CCC(CC)c1ccc(N2C(c3ccccc3)=CC(C)c3c(Cl)ncnc32)cc1. The number of benzene rings is 2. The first-order valence-electron chi connectivity index (χ1n) is 10.3. The Balaban J connectivity index is 1.85. The van der Waals surface area contributed by atoms with E-state index in [0.29, 0.717) is 11.1 Å². The van der Waals surface area contributed by atoms with Gasteiger partial charge in [0.2, 0.25) is 0 Å². The van der Waals surface area contributed by atoms with Crippen molar-refractivity contribution in [3.8, 4) is 0 Å². The highest BCUT2D eigenvalue weighted by Crippen LogP contribution is 2.45. The fraction of sp³-hybridized carbons (Fsp3) is 0.280. The van der Waals surface area contributed by atoms with Gasteiger partial charge in [-0.1, -0.05) is 80.9 Å². The lowest BCUT2D eigenvalue weighted by atomic mass is 9.92. The molecule has 0 spiro atoms. The Bertz CT molecular complexity index is 1010. The zero-order valence-electron chi connectivity index (χ0n) is 17.1. The average Bonchev–Trinajstić information content (AvgIpc) is 2.76. The van der Waals surface area contributed by atoms with Crippen LogP contribution in [0.15, 0.2) is 67.0 Å². The van der Waals surface area contributed by atoms with Gasteiger partial charge in [0.05, 0.1) is 5.70 Å². The lowest BCUT2D eigenvalue weighted by Crippen LogP contribution is -2.23. The Morgan fingerprint density at radius 1 is 0.966 bits per heavy atom. The summed E-state index contributed by atoms with van der Waals surface area (Å²) in [6, 6.07) is 19.3. The topological polar surface area (TPSA) is 29.0 Å². The van der Waals surface area contributed by atoms with Crippen LogP contribution >= 0.6 is 11.6 Å². The smallest absolute Gasteiger partial charge is 0.146 e. The van der Waals surface area contributed by atoms with Crippen LogP contribution in [0, 0.1) is 0 Å². The van der Waals surface area contributed by atoms with Crippen molar-refractivity contribution in [1.82, 2.24) is 9.97 Å². The van der Waals surface area contributed by atoms with Crippen molar-refractivity contribution in [2.24, 2.45) is 0 Å². The molecule has 4 heteroatoms. The molecule has 0 saturated carbocycles. The van der Waals surface area contributed by atoms with Crippen molar-refractivity contribution in [2.45, 2.75) is 45.4 Å². The van der Waals surface area contributed by atoms with E-state index in [4.69, 9.17) is 11.6 Å². The maximum atomic E-state index is 6.48. The molecular formula is C25H26ClN3. The first kappa shape index (κ1) is 19.7. The standard InChI is InChI=1S/C25H26ClN3/c1-4-18(5-2)19-11-13-21(14-12-19)29-22(20-9-7-6-8-10-20)15-17(3)23-24(26)27-16-28-25(23)29/h6-18H,4-5H2,1-3H3. The summed E-state index contributed by atoms with van der Waals surface area (Å²) >= 11 is 6.48. The maximum Gasteiger partial charge on any atom is 0.146 e. The first-order valence-corrected chi connectivity index (χ1v) is 10.7. The molecular weight excluding hydrogens is 378 g/mol. The Morgan fingerprint density at radius 3 is 2.31 bits per heavy atom. The van der Waals surface area contributed by atoms with E-state index in [1.165, 1.54) is 5.56 Å². The van der Waals surface area contributed by atoms with E-state index in [-0.39, 0.29) is 5.92 Å². The normalized spacial score (nSPS) is 16.0. The van der Waals surface area contributed by atoms with Gasteiger partial charge < -0.3 is 0 Å². The van der Waals surface area contributed by atoms with Crippen LogP contribution in [-0.4, -0.2) is 9.97 Å². The van der Waals surface area contributed by atoms with Gasteiger partial charge in [0, 0.05) is 17.2 Å². The second-order valence-electron chi connectivity index (χ2n) is 7.55. The molecule has 1 aromatic heterocycles. The van der Waals surface area contributed by atoms with Gasteiger partial charge in [-0.25, -0.2) is 9.97 Å². The summed E-state index contributed by atoms with van der Waals surface area (Å²) in [4.78, 5) is 11.1. The molecule has 4 rings (SSSR count). The molecule has 1 atom stereocenters. The number of halogens is 1. The monoisotopic (exact) mass is 403 g/mol. The summed E-state index contributed by atoms with van der Waals surface area (Å²) in [7, 11) is 0. The van der Waals surface area contributed by atoms with E-state index in [1.807, 2.05) is 6.07 Å². The Hall–Kier alpha value is -2.65. The van der Waals surface area contributed by atoms with Crippen molar-refractivity contribution in [2.75, 3.05) is 4.90 Å². The van der Waals surface area contributed by atoms with E-state index in [0.717, 1.165) is 41.2 Å². The van der Waals surface area contributed by atoms with Gasteiger partial charge in [0.25, 0.3) is 0 Å². The third-order valence-corrected chi connectivity index (χ3v) is 6.11. The van der Waals surface area contributed by atoms with Gasteiger partial charge in [-0.2, -0.15) is 0 Å². The molecule has 1 aliphatic rings. The molecule has 0 bridgehead atoms. The van der Waals surface area contributed by atoms with Crippen molar-refractivity contribution in [3.63, 3.8) is 0 Å². The van der Waals surface area contributed by atoms with Gasteiger partial charge in [0.15, 0.2) is 0 Å². The fourth-order valence-electron chi connectivity index (χ4n) is 4.20. The van der Waals surface area contributed by atoms with Crippen molar-refractivity contribution < 1.29 is 0 Å². The molecule has 0 aliphatic carbocycles. The highest BCUT2D eigenvalue weighted by molar-refractivity contribution is 6.30. The molecule has 3 nitrogen and oxygen atoms in total. The zero-order chi connectivity index (χ0) is 20.4. The molecule has 1 unspecified atom stereocenters. The summed E-state index contributed by atoms with van der Waals surface area (Å²) in [5.74, 6) is 1.58. The van der Waals surface area contributed by atoms with E-state index < -0.39 is 0 Å². The number of allylic oxidation sites excluding steroid dienone is 1. The van der Waals surface area contributed by atoms with Crippen LogP contribution in [0.1, 0.15) is 62.1 Å². The largest absolute Gasteiger partial charge is 0.294 e. The predicted octanol–water partition coefficient (Wildman–Crippen LogP) is 7.33. The second kappa shape index (κ2) is 8.38. The molecule has 148 valence electrons. The molecule has 29 heavy (non-hydrogen) atoms. The van der Waals surface area contributed by atoms with Crippen molar-refractivity contribution in [3.05, 3.63) is 88.8 Å². The van der Waals surface area contributed by atoms with Gasteiger partial charge in [-0.05, 0) is 42.0 Å². The zero-order valence-corrected chi connectivity index (χ0v) is 17.9. The lowest BCUT2D eigenvalue weighted by molar-refractivity contribution is 0.642. The van der Waals surface area contributed by atoms with Crippen LogP contribution in [0.5, 0.6) is 0 Å². The summed E-state index contributed by atoms with van der Waals surface area (Å²) in [6.45, 7) is 6.64. The van der Waals surface area contributed by atoms with E-state index in [9.17, 15) is 0 Å². The third-order valence-electron chi connectivity index (χ3n) is 5.81. The molecule has 0 amide bonds. The summed E-state index contributed by atoms with van der Waals surface area (Å²) in [5.41, 5.74) is 5.71. The van der Waals surface area contributed by atoms with E-state index in [1.54, 1.807) is 6.33 Å². The highest BCUT2D eigenvalue weighted by atomic mass is 35.5. The van der Waals surface area contributed by atoms with Crippen molar-refractivity contribution in [1.29, 1.82) is 0 Å². The number of fused-ring (bicyclic) bond motifs is 1. The molecule has 3 aromatic rings. The number of hydrogen-bond donors (Lipinski definition) is 0. The molecule has 1 aliphatic heterocycles. The number of hydrogen-bond acceptors (Lipinski definition) is 3. The van der Waals surface area contributed by atoms with E-state index >= 15 is 0 Å². The Kier molecular flexibility index (Phi) is 5.68. The lowest BCUT2D eigenvalue weighted by Gasteiger charge is -2.34. The van der Waals surface area contributed by atoms with Gasteiger partial charge in [0.1, 0.15) is 17.3 Å². The summed E-state index contributed by atoms with van der Waals surface area (Å²) in [5, 5.41) is 0.518. The van der Waals surface area contributed by atoms with Crippen LogP contribution in [0.3, 0.4) is 0 Å². The van der Waals surface area contributed by atoms with Crippen LogP contribution in [0.25, 0.3) is 5.70 Å². The summed E-state index contributed by atoms with van der Waals surface area (Å²) < 4.78 is 0. The second-order valence-corrected chi connectivity index (χ2v) is 7.91. The third kappa shape index (κ3) is 3.67. The minimum Gasteiger partial charge on any atom is -0.294 e. The van der Waals surface area contributed by atoms with Gasteiger partial charge in [-0.3, -0.25) is 4.90 Å². The Labute approximate surface area is 178 Å². The van der Waals surface area contributed by atoms with Crippen molar-refractivity contribution >= 4 is 28.8 Å². The average molecular weight is 404 g/mol. The minimum absolute atomic E-state index is 0.133. The number of aromatic nitrogens is 2. The molecule has 0 radical (unpaired) electrons. The van der Waals surface area contributed by atoms with E-state index in [2.05, 4.69) is 90.2 Å². The predicted molar refractivity (Wildman–Crippen MR) is 122 cm³/mol. The minimum atomic E-state index is 0.133. The summed E-state index contributed by atoms with van der Waals surface area (Å²) in [6.07, 6.45) is 6.10. The van der Waals surface area contributed by atoms with Gasteiger partial charge >= 0.3 is 0 Å². The first-order chi connectivity index (χ1) is 14.1. The van der Waals surface area contributed by atoms with Crippen LogP contribution in [0.2, 0.25) is 5.15 Å². The number of nitrogens with zero attached hydrogens (tertiary/aromatic N) is 3. The molecule has 2 aromatic carbocycles. The number of anilines is 2. The molecule has 2 heterocycles. The highest BCUT2D eigenvalue weighted by Gasteiger charge is 2.29. The maximum absolute atomic E-state index is 6.48. The molecule has 0 saturated heterocycles. The molecule has 0 fully saturated rings. The quantitative estimate of drug-likeness (QED) is 0.417. The number of rotatable bonds is 5. The van der Waals surface area contributed by atoms with Gasteiger partial charge in [-0.15, -0.1) is 0 Å². The van der Waals surface area contributed by atoms with Crippen LogP contribution in [-0.2, 0) is 0 Å².